The van der Waals surface area contributed by atoms with E-state index in [1.165, 1.54) is 12.8 Å². The van der Waals surface area contributed by atoms with Gasteiger partial charge in [-0.25, -0.2) is 0 Å². The van der Waals surface area contributed by atoms with E-state index in [-0.39, 0.29) is 11.9 Å². The number of nitrogens with one attached hydrogen (secondary N) is 2. The molecule has 0 aliphatic carbocycles. The molecule has 0 aromatic rings. The van der Waals surface area contributed by atoms with E-state index in [1.807, 2.05) is 6.92 Å². The van der Waals surface area contributed by atoms with Crippen molar-refractivity contribution in [1.29, 1.82) is 0 Å². The van der Waals surface area contributed by atoms with Gasteiger partial charge in [0.05, 0.1) is 6.04 Å². The number of rotatable bonds is 8. The predicted octanol–water partition coefficient (Wildman–Crippen LogP) is 2.32. The summed E-state index contributed by atoms with van der Waals surface area (Å²) < 4.78 is 0. The monoisotopic (exact) mass is 228 g/mol. The Morgan fingerprint density at radius 1 is 1.19 bits per heavy atom. The Labute approximate surface area is 100 Å². The molecule has 0 aromatic carbocycles. The molecule has 3 heteroatoms. The highest BCUT2D eigenvalue weighted by molar-refractivity contribution is 5.81. The molecule has 0 aliphatic heterocycles. The standard InChI is InChI=1S/C13H28N2O/c1-6-7-8-11(4)15-12(5)13(16)14-9-10(2)3/h10-12,15H,6-9H2,1-5H3,(H,14,16). The van der Waals surface area contributed by atoms with Gasteiger partial charge in [0.15, 0.2) is 0 Å². The second-order valence-electron chi connectivity index (χ2n) is 5.07. The quantitative estimate of drug-likeness (QED) is 0.669. The number of unbranched alkanes of at least 4 members (excludes halogenated alkanes) is 1. The van der Waals surface area contributed by atoms with Gasteiger partial charge in [-0.1, -0.05) is 33.6 Å². The summed E-state index contributed by atoms with van der Waals surface area (Å²) in [5.74, 6) is 0.616. The third kappa shape index (κ3) is 7.69. The van der Waals surface area contributed by atoms with Gasteiger partial charge in [0, 0.05) is 12.6 Å². The van der Waals surface area contributed by atoms with Crippen LogP contribution in [0.1, 0.15) is 53.9 Å². The minimum absolute atomic E-state index is 0.0920. The largest absolute Gasteiger partial charge is 0.354 e. The van der Waals surface area contributed by atoms with Gasteiger partial charge in [0.2, 0.25) is 5.91 Å². The molecule has 0 heterocycles. The number of carbonyl (C=O) groups excluding carboxylic acids is 1. The van der Waals surface area contributed by atoms with Crippen LogP contribution in [-0.2, 0) is 4.79 Å². The normalized spacial score (nSPS) is 14.9. The smallest absolute Gasteiger partial charge is 0.236 e. The Hall–Kier alpha value is -0.570. The summed E-state index contributed by atoms with van der Waals surface area (Å²) >= 11 is 0. The second-order valence-corrected chi connectivity index (χ2v) is 5.07. The van der Waals surface area contributed by atoms with Gasteiger partial charge in [-0.15, -0.1) is 0 Å². The van der Waals surface area contributed by atoms with E-state index in [0.29, 0.717) is 12.0 Å². The summed E-state index contributed by atoms with van der Waals surface area (Å²) in [5.41, 5.74) is 0. The zero-order valence-electron chi connectivity index (χ0n) is 11.5. The third-order valence-electron chi connectivity index (χ3n) is 2.60. The lowest BCUT2D eigenvalue weighted by molar-refractivity contribution is -0.123. The van der Waals surface area contributed by atoms with Crippen molar-refractivity contribution in [1.82, 2.24) is 10.6 Å². The molecule has 2 atom stereocenters. The molecular formula is C13H28N2O. The van der Waals surface area contributed by atoms with E-state index in [2.05, 4.69) is 38.3 Å². The van der Waals surface area contributed by atoms with Crippen LogP contribution in [0.15, 0.2) is 0 Å². The van der Waals surface area contributed by atoms with Crippen molar-refractivity contribution in [3.63, 3.8) is 0 Å². The van der Waals surface area contributed by atoms with Gasteiger partial charge in [0.25, 0.3) is 0 Å². The fraction of sp³-hybridized carbons (Fsp3) is 0.923. The SMILES string of the molecule is CCCCC(C)NC(C)C(=O)NCC(C)C. The Kier molecular flexibility index (Phi) is 8.26. The highest BCUT2D eigenvalue weighted by Gasteiger charge is 2.14. The van der Waals surface area contributed by atoms with Crippen molar-refractivity contribution in [3.8, 4) is 0 Å². The predicted molar refractivity (Wildman–Crippen MR) is 69.4 cm³/mol. The Bertz CT molecular complexity index is 192. The first-order chi connectivity index (χ1) is 7.47. The highest BCUT2D eigenvalue weighted by atomic mass is 16.2. The molecule has 0 aromatic heterocycles. The zero-order chi connectivity index (χ0) is 12.6. The van der Waals surface area contributed by atoms with E-state index < -0.39 is 0 Å². The second kappa shape index (κ2) is 8.57. The fourth-order valence-corrected chi connectivity index (χ4v) is 1.55. The topological polar surface area (TPSA) is 41.1 Å². The Balaban J connectivity index is 3.77. The molecule has 0 aliphatic rings. The molecule has 96 valence electrons. The highest BCUT2D eigenvalue weighted by Crippen LogP contribution is 2.00. The average molecular weight is 228 g/mol. The molecule has 3 nitrogen and oxygen atoms in total. The van der Waals surface area contributed by atoms with Crippen LogP contribution in [0.2, 0.25) is 0 Å². The third-order valence-corrected chi connectivity index (χ3v) is 2.60. The lowest BCUT2D eigenvalue weighted by atomic mass is 10.1. The van der Waals surface area contributed by atoms with Crippen LogP contribution in [0, 0.1) is 5.92 Å². The van der Waals surface area contributed by atoms with E-state index in [4.69, 9.17) is 0 Å². The van der Waals surface area contributed by atoms with E-state index in [1.54, 1.807) is 0 Å². The van der Waals surface area contributed by atoms with Crippen molar-refractivity contribution in [2.75, 3.05) is 6.54 Å². The first-order valence-electron chi connectivity index (χ1n) is 6.51. The Morgan fingerprint density at radius 3 is 2.31 bits per heavy atom. The zero-order valence-corrected chi connectivity index (χ0v) is 11.5. The Morgan fingerprint density at radius 2 is 1.81 bits per heavy atom. The van der Waals surface area contributed by atoms with E-state index in [0.717, 1.165) is 13.0 Å². The van der Waals surface area contributed by atoms with Crippen molar-refractivity contribution < 1.29 is 4.79 Å². The number of hydrogen-bond donors (Lipinski definition) is 2. The lowest BCUT2D eigenvalue weighted by Gasteiger charge is -2.20. The average Bonchev–Trinajstić information content (AvgIpc) is 2.22. The molecule has 0 fully saturated rings. The van der Waals surface area contributed by atoms with Gasteiger partial charge < -0.3 is 10.6 Å². The maximum absolute atomic E-state index is 11.7. The number of hydrogen-bond acceptors (Lipinski definition) is 2. The van der Waals surface area contributed by atoms with Crippen molar-refractivity contribution >= 4 is 5.91 Å². The van der Waals surface area contributed by atoms with E-state index >= 15 is 0 Å². The van der Waals surface area contributed by atoms with Gasteiger partial charge in [-0.3, -0.25) is 4.79 Å². The first kappa shape index (κ1) is 15.4. The van der Waals surface area contributed by atoms with Crippen LogP contribution in [-0.4, -0.2) is 24.5 Å². The molecule has 0 saturated carbocycles. The maximum Gasteiger partial charge on any atom is 0.236 e. The van der Waals surface area contributed by atoms with E-state index in [9.17, 15) is 4.79 Å². The molecular weight excluding hydrogens is 200 g/mol. The summed E-state index contributed by atoms with van der Waals surface area (Å²) in [4.78, 5) is 11.7. The van der Waals surface area contributed by atoms with Gasteiger partial charge in [0.1, 0.15) is 0 Å². The van der Waals surface area contributed by atoms with Crippen LogP contribution in [0.5, 0.6) is 0 Å². The summed E-state index contributed by atoms with van der Waals surface area (Å²) in [5, 5.41) is 6.27. The molecule has 0 saturated heterocycles. The number of carbonyl (C=O) groups is 1. The lowest BCUT2D eigenvalue weighted by Crippen LogP contribution is -2.46. The van der Waals surface area contributed by atoms with Crippen LogP contribution >= 0.6 is 0 Å². The van der Waals surface area contributed by atoms with Crippen molar-refractivity contribution in [3.05, 3.63) is 0 Å². The molecule has 0 spiro atoms. The van der Waals surface area contributed by atoms with Crippen LogP contribution < -0.4 is 10.6 Å². The molecule has 0 rings (SSSR count). The molecule has 2 N–H and O–H groups in total. The van der Waals surface area contributed by atoms with Crippen molar-refractivity contribution in [2.24, 2.45) is 5.92 Å². The summed E-state index contributed by atoms with van der Waals surface area (Å²) in [6, 6.07) is 0.324. The van der Waals surface area contributed by atoms with Gasteiger partial charge in [-0.2, -0.15) is 0 Å². The van der Waals surface area contributed by atoms with Crippen LogP contribution in [0.25, 0.3) is 0 Å². The molecule has 0 radical (unpaired) electrons. The van der Waals surface area contributed by atoms with Crippen LogP contribution in [0.4, 0.5) is 0 Å². The van der Waals surface area contributed by atoms with Gasteiger partial charge in [-0.05, 0) is 26.2 Å². The summed E-state index contributed by atoms with van der Waals surface area (Å²) in [6.45, 7) is 11.2. The molecule has 2 unspecified atom stereocenters. The molecule has 0 bridgehead atoms. The van der Waals surface area contributed by atoms with Gasteiger partial charge >= 0.3 is 0 Å². The minimum atomic E-state index is -0.0920. The minimum Gasteiger partial charge on any atom is -0.354 e. The van der Waals surface area contributed by atoms with Crippen molar-refractivity contribution in [2.45, 2.75) is 66.0 Å². The summed E-state index contributed by atoms with van der Waals surface area (Å²) in [7, 11) is 0. The molecule has 16 heavy (non-hydrogen) atoms. The summed E-state index contributed by atoms with van der Waals surface area (Å²) in [6.07, 6.45) is 3.56. The first-order valence-corrected chi connectivity index (χ1v) is 6.51. The fourth-order valence-electron chi connectivity index (χ4n) is 1.55. The maximum atomic E-state index is 11.7. The van der Waals surface area contributed by atoms with Crippen LogP contribution in [0.3, 0.4) is 0 Å². The number of amides is 1. The molecule has 1 amide bonds.